The van der Waals surface area contributed by atoms with E-state index in [1.54, 1.807) is 0 Å². The second kappa shape index (κ2) is 6.83. The number of rotatable bonds is 4. The molecule has 0 unspecified atom stereocenters. The number of aryl methyl sites for hydroxylation is 2. The third-order valence-corrected chi connectivity index (χ3v) is 7.00. The van der Waals surface area contributed by atoms with Gasteiger partial charge in [0, 0.05) is 17.7 Å². The topological polar surface area (TPSA) is 109 Å². The molecule has 1 saturated heterocycles. The van der Waals surface area contributed by atoms with Crippen LogP contribution < -0.4 is 5.32 Å². The van der Waals surface area contributed by atoms with Crippen LogP contribution in [0.2, 0.25) is 0 Å². The Labute approximate surface area is 150 Å². The zero-order chi connectivity index (χ0) is 18.2. The molecule has 3 rings (SSSR count). The lowest BCUT2D eigenvalue weighted by molar-refractivity contribution is -0.133. The smallest absolute Gasteiger partial charge is 0.273 e. The van der Waals surface area contributed by atoms with Crippen LogP contribution in [0.4, 0.5) is 5.13 Å². The summed E-state index contributed by atoms with van der Waals surface area (Å²) in [5, 5.41) is 8.58. The molecule has 0 aliphatic carbocycles. The number of nitrogens with one attached hydrogen (secondary N) is 1. The minimum Gasteiger partial charge on any atom is -0.297 e. The second-order valence-electron chi connectivity index (χ2n) is 6.17. The number of hydrogen-bond donors (Lipinski definition) is 1. The van der Waals surface area contributed by atoms with Crippen LogP contribution in [-0.2, 0) is 25.8 Å². The third-order valence-electron chi connectivity index (χ3n) is 4.32. The molecule has 3 heterocycles. The second-order valence-corrected chi connectivity index (χ2v) is 9.60. The zero-order valence-corrected chi connectivity index (χ0v) is 15.7. The van der Waals surface area contributed by atoms with Crippen molar-refractivity contribution in [1.82, 2.24) is 9.99 Å². The molecule has 1 aromatic rings. The number of amides is 2. The first kappa shape index (κ1) is 18.0. The average molecular weight is 384 g/mol. The van der Waals surface area contributed by atoms with E-state index in [-0.39, 0.29) is 36.0 Å². The van der Waals surface area contributed by atoms with Crippen molar-refractivity contribution in [3.63, 3.8) is 0 Å². The predicted molar refractivity (Wildman–Crippen MR) is 95.4 cm³/mol. The van der Waals surface area contributed by atoms with Gasteiger partial charge in [0.05, 0.1) is 23.2 Å². The standard InChI is InChI=1S/C15H20N4O4S2/c1-3-11-9(2)24-15(16-11)17-14(21)12-4-5-13(20)19(18-12)10-6-7-25(22,23)8-10/h10H,3-8H2,1-2H3,(H,16,17,21)/t10-/m0/s1. The van der Waals surface area contributed by atoms with Crippen LogP contribution in [0.3, 0.4) is 0 Å². The van der Waals surface area contributed by atoms with Crippen molar-refractivity contribution in [3.05, 3.63) is 10.6 Å². The van der Waals surface area contributed by atoms with Crippen molar-refractivity contribution in [3.8, 4) is 0 Å². The van der Waals surface area contributed by atoms with Crippen molar-refractivity contribution >= 4 is 43.8 Å². The maximum absolute atomic E-state index is 12.4. The average Bonchev–Trinajstić information content (AvgIpc) is 3.09. The summed E-state index contributed by atoms with van der Waals surface area (Å²) in [5.74, 6) is -0.675. The number of carbonyl (C=O) groups is 2. The van der Waals surface area contributed by atoms with Gasteiger partial charge >= 0.3 is 0 Å². The van der Waals surface area contributed by atoms with Gasteiger partial charge in [-0.3, -0.25) is 14.9 Å². The van der Waals surface area contributed by atoms with Crippen LogP contribution in [0.1, 0.15) is 36.8 Å². The maximum Gasteiger partial charge on any atom is 0.273 e. The Balaban J connectivity index is 1.75. The number of carbonyl (C=O) groups excluding carboxylic acids is 2. The Morgan fingerprint density at radius 2 is 2.16 bits per heavy atom. The van der Waals surface area contributed by atoms with Crippen molar-refractivity contribution in [2.75, 3.05) is 16.8 Å². The lowest BCUT2D eigenvalue weighted by atomic mass is 10.1. The van der Waals surface area contributed by atoms with Crippen LogP contribution in [0.15, 0.2) is 5.10 Å². The molecule has 10 heteroatoms. The molecule has 0 saturated carbocycles. The maximum atomic E-state index is 12.4. The monoisotopic (exact) mass is 384 g/mol. The van der Waals surface area contributed by atoms with Gasteiger partial charge in [0.25, 0.3) is 5.91 Å². The summed E-state index contributed by atoms with van der Waals surface area (Å²) in [7, 11) is -3.13. The molecule has 8 nitrogen and oxygen atoms in total. The molecule has 2 amide bonds. The summed E-state index contributed by atoms with van der Waals surface area (Å²) in [6, 6.07) is -0.477. The van der Waals surface area contributed by atoms with E-state index >= 15 is 0 Å². The molecule has 1 aromatic heterocycles. The first-order valence-electron chi connectivity index (χ1n) is 8.16. The van der Waals surface area contributed by atoms with Crippen molar-refractivity contribution < 1.29 is 18.0 Å². The Morgan fingerprint density at radius 3 is 2.76 bits per heavy atom. The van der Waals surface area contributed by atoms with Crippen LogP contribution in [0, 0.1) is 6.92 Å². The van der Waals surface area contributed by atoms with Gasteiger partial charge in [-0.25, -0.2) is 18.4 Å². The Morgan fingerprint density at radius 1 is 1.40 bits per heavy atom. The summed E-state index contributed by atoms with van der Waals surface area (Å²) in [6.45, 7) is 3.95. The number of nitrogens with zero attached hydrogens (tertiary/aromatic N) is 3. The van der Waals surface area contributed by atoms with E-state index < -0.39 is 21.8 Å². The fraction of sp³-hybridized carbons (Fsp3) is 0.600. The molecule has 0 spiro atoms. The van der Waals surface area contributed by atoms with Gasteiger partial charge in [0.15, 0.2) is 15.0 Å². The Hall–Kier alpha value is -1.81. The zero-order valence-electron chi connectivity index (χ0n) is 14.1. The van der Waals surface area contributed by atoms with Crippen molar-refractivity contribution in [2.24, 2.45) is 5.10 Å². The van der Waals surface area contributed by atoms with E-state index in [1.807, 2.05) is 13.8 Å². The lowest BCUT2D eigenvalue weighted by Gasteiger charge is -2.27. The number of hydrogen-bond acceptors (Lipinski definition) is 7. The highest BCUT2D eigenvalue weighted by Crippen LogP contribution is 2.24. The molecule has 2 aliphatic heterocycles. The Bertz CT molecular complexity index is 844. The van der Waals surface area contributed by atoms with Gasteiger partial charge in [-0.15, -0.1) is 11.3 Å². The lowest BCUT2D eigenvalue weighted by Crippen LogP contribution is -2.42. The van der Waals surface area contributed by atoms with Gasteiger partial charge in [-0.2, -0.15) is 5.10 Å². The molecule has 0 aromatic carbocycles. The summed E-state index contributed by atoms with van der Waals surface area (Å²) in [5.41, 5.74) is 1.17. The van der Waals surface area contributed by atoms with Gasteiger partial charge in [-0.05, 0) is 19.8 Å². The number of aromatic nitrogens is 1. The van der Waals surface area contributed by atoms with Crippen LogP contribution in [0.25, 0.3) is 0 Å². The molecule has 25 heavy (non-hydrogen) atoms. The Kier molecular flexibility index (Phi) is 4.92. The minimum atomic E-state index is -3.13. The molecule has 136 valence electrons. The minimum absolute atomic E-state index is 0.0523. The van der Waals surface area contributed by atoms with Crippen molar-refractivity contribution in [1.29, 1.82) is 0 Å². The van der Waals surface area contributed by atoms with E-state index in [0.29, 0.717) is 11.6 Å². The summed E-state index contributed by atoms with van der Waals surface area (Å²) < 4.78 is 23.3. The van der Waals surface area contributed by atoms with E-state index in [1.165, 1.54) is 16.3 Å². The third kappa shape index (κ3) is 3.90. The summed E-state index contributed by atoms with van der Waals surface area (Å²) >= 11 is 1.40. The number of anilines is 1. The van der Waals surface area contributed by atoms with Gasteiger partial charge in [-0.1, -0.05) is 6.92 Å². The molecular formula is C15H20N4O4S2. The van der Waals surface area contributed by atoms with Gasteiger partial charge in [0.1, 0.15) is 5.71 Å². The number of thiazole rings is 1. The van der Waals surface area contributed by atoms with E-state index in [4.69, 9.17) is 0 Å². The van der Waals surface area contributed by atoms with Crippen LogP contribution in [0.5, 0.6) is 0 Å². The first-order valence-corrected chi connectivity index (χ1v) is 10.8. The fourth-order valence-corrected chi connectivity index (χ4v) is 5.56. The molecule has 1 N–H and O–H groups in total. The highest BCUT2D eigenvalue weighted by molar-refractivity contribution is 7.91. The normalized spacial score (nSPS) is 22.8. The van der Waals surface area contributed by atoms with Crippen LogP contribution in [-0.4, -0.2) is 53.5 Å². The van der Waals surface area contributed by atoms with Crippen LogP contribution >= 0.6 is 11.3 Å². The molecular weight excluding hydrogens is 364 g/mol. The fourth-order valence-electron chi connectivity index (χ4n) is 2.97. The molecule has 0 radical (unpaired) electrons. The van der Waals surface area contributed by atoms with E-state index in [0.717, 1.165) is 17.0 Å². The molecule has 0 bridgehead atoms. The largest absolute Gasteiger partial charge is 0.297 e. The first-order chi connectivity index (χ1) is 11.8. The SMILES string of the molecule is CCc1nc(NC(=O)C2=NN([C@H]3CCS(=O)(=O)C3)C(=O)CC2)sc1C. The van der Waals surface area contributed by atoms with E-state index in [2.05, 4.69) is 15.4 Å². The number of sulfone groups is 1. The highest BCUT2D eigenvalue weighted by atomic mass is 32.2. The molecule has 1 atom stereocenters. The van der Waals surface area contributed by atoms with E-state index in [9.17, 15) is 18.0 Å². The highest BCUT2D eigenvalue weighted by Gasteiger charge is 2.37. The summed E-state index contributed by atoms with van der Waals surface area (Å²) in [4.78, 5) is 29.9. The summed E-state index contributed by atoms with van der Waals surface area (Å²) in [6.07, 6.45) is 1.54. The predicted octanol–water partition coefficient (Wildman–Crippen LogP) is 1.12. The van der Waals surface area contributed by atoms with Gasteiger partial charge in [0.2, 0.25) is 5.91 Å². The quantitative estimate of drug-likeness (QED) is 0.837. The van der Waals surface area contributed by atoms with Gasteiger partial charge < -0.3 is 0 Å². The molecule has 1 fully saturated rings. The molecule has 2 aliphatic rings. The number of hydrazone groups is 1. The van der Waals surface area contributed by atoms with Crippen molar-refractivity contribution in [2.45, 2.75) is 45.6 Å².